The number of benzene rings is 1. The van der Waals surface area contributed by atoms with Crippen LogP contribution in [0, 0.1) is 0 Å². The van der Waals surface area contributed by atoms with E-state index in [9.17, 15) is 13.6 Å². The van der Waals surface area contributed by atoms with Crippen LogP contribution in [0.4, 0.5) is 0 Å². The van der Waals surface area contributed by atoms with E-state index in [2.05, 4.69) is 4.74 Å². The summed E-state index contributed by atoms with van der Waals surface area (Å²) in [5.74, 6) is -0.638. The molecule has 0 aliphatic carbocycles. The third-order valence-corrected chi connectivity index (χ3v) is 4.28. The van der Waals surface area contributed by atoms with E-state index in [1.54, 1.807) is 0 Å². The monoisotopic (exact) mass is 304 g/mol. The molecule has 0 saturated carbocycles. The first kappa shape index (κ1) is 16.6. The summed E-state index contributed by atoms with van der Waals surface area (Å²) in [5, 5.41) is 0. The molecule has 7 heteroatoms. The van der Waals surface area contributed by atoms with E-state index in [1.165, 1.54) is 13.2 Å². The summed E-state index contributed by atoms with van der Waals surface area (Å²) in [6.07, 6.45) is 0. The molecule has 0 radical (unpaired) electrons. The fraction of sp³-hybridized carbons (Fsp3) is 0.0833. The van der Waals surface area contributed by atoms with Gasteiger partial charge in [0.2, 0.25) is 0 Å². The van der Waals surface area contributed by atoms with Gasteiger partial charge in [-0.25, -0.2) is 4.79 Å². The molecule has 0 spiro atoms. The van der Waals surface area contributed by atoms with Crippen molar-refractivity contribution in [1.29, 1.82) is 0 Å². The maximum absolute atomic E-state index is 11.5. The number of carbonyl (C=O) groups excluding carboxylic acids is 1. The molecule has 1 heterocycles. The summed E-state index contributed by atoms with van der Waals surface area (Å²) in [6.45, 7) is 0. The van der Waals surface area contributed by atoms with Gasteiger partial charge in [0.1, 0.15) is 4.88 Å². The molecule has 2 aromatic rings. The number of esters is 1. The molecule has 1 unspecified atom stereocenters. The summed E-state index contributed by atoms with van der Waals surface area (Å²) in [7, 11) is 1.22. The molecule has 2 rings (SSSR count). The third-order valence-electron chi connectivity index (χ3n) is 2.31. The maximum atomic E-state index is 11.5. The van der Waals surface area contributed by atoms with Gasteiger partial charge in [-0.1, -0.05) is 30.3 Å². The van der Waals surface area contributed by atoms with Crippen LogP contribution in [0.5, 0.6) is 0 Å². The first-order chi connectivity index (χ1) is 8.63. The molecule has 0 amide bonds. The minimum atomic E-state index is -2.46. The second-order valence-corrected chi connectivity index (χ2v) is 5.36. The topological polar surface area (TPSA) is 66.4 Å². The van der Waals surface area contributed by atoms with Gasteiger partial charge in [0.05, 0.1) is 12.0 Å². The molecule has 1 aromatic carbocycles. The molecular formula is C12H9NaO4S2. The smallest absolute Gasteiger partial charge is 0.768 e. The number of carbonyl (C=O) groups is 1. The van der Waals surface area contributed by atoms with Crippen molar-refractivity contribution in [3.8, 4) is 10.4 Å². The summed E-state index contributed by atoms with van der Waals surface area (Å²) >= 11 is -1.35. The van der Waals surface area contributed by atoms with Crippen molar-refractivity contribution in [3.05, 3.63) is 41.3 Å². The predicted octanol–water partition coefficient (Wildman–Crippen LogP) is -0.556. The molecule has 4 nitrogen and oxygen atoms in total. The number of hydrogen-bond donors (Lipinski definition) is 0. The van der Waals surface area contributed by atoms with Gasteiger partial charge in [0.25, 0.3) is 0 Å². The number of hydrogen-bond acceptors (Lipinski definition) is 5. The average molecular weight is 304 g/mol. The van der Waals surface area contributed by atoms with Crippen LogP contribution in [0.1, 0.15) is 9.67 Å². The quantitative estimate of drug-likeness (QED) is 0.433. The Morgan fingerprint density at radius 1 is 1.32 bits per heavy atom. The molecule has 0 N–H and O–H groups in total. The summed E-state index contributed by atoms with van der Waals surface area (Å²) in [6, 6.07) is 10.7. The Morgan fingerprint density at radius 2 is 1.95 bits per heavy atom. The van der Waals surface area contributed by atoms with Gasteiger partial charge in [0.15, 0.2) is 0 Å². The van der Waals surface area contributed by atoms with Crippen LogP contribution >= 0.6 is 11.3 Å². The number of rotatable bonds is 3. The predicted molar refractivity (Wildman–Crippen MR) is 68.3 cm³/mol. The minimum absolute atomic E-state index is 0. The number of thiophene rings is 1. The van der Waals surface area contributed by atoms with Crippen LogP contribution in [0.2, 0.25) is 0 Å². The van der Waals surface area contributed by atoms with Crippen molar-refractivity contribution in [3.63, 3.8) is 0 Å². The van der Waals surface area contributed by atoms with Crippen molar-refractivity contribution in [2.45, 2.75) is 4.90 Å². The van der Waals surface area contributed by atoms with Gasteiger partial charge in [-0.3, -0.25) is 4.21 Å². The van der Waals surface area contributed by atoms with Crippen LogP contribution in [-0.2, 0) is 15.8 Å². The van der Waals surface area contributed by atoms with E-state index in [0.717, 1.165) is 21.8 Å². The van der Waals surface area contributed by atoms with Gasteiger partial charge in [0, 0.05) is 4.88 Å². The van der Waals surface area contributed by atoms with Crippen molar-refractivity contribution < 1.29 is 47.9 Å². The molecule has 1 aromatic heterocycles. The Labute approximate surface area is 139 Å². The molecular weight excluding hydrogens is 295 g/mol. The molecule has 0 aliphatic rings. The van der Waals surface area contributed by atoms with Crippen molar-refractivity contribution >= 4 is 28.4 Å². The van der Waals surface area contributed by atoms with Gasteiger partial charge in [-0.15, -0.1) is 11.3 Å². The maximum Gasteiger partial charge on any atom is 1.00 e. The average Bonchev–Trinajstić information content (AvgIpc) is 2.84. The Hall–Kier alpha value is -0.500. The summed E-state index contributed by atoms with van der Waals surface area (Å²) in [4.78, 5) is 12.3. The first-order valence-electron chi connectivity index (χ1n) is 5.00. The van der Waals surface area contributed by atoms with E-state index >= 15 is 0 Å². The molecule has 0 aliphatic heterocycles. The minimum Gasteiger partial charge on any atom is -0.768 e. The van der Waals surface area contributed by atoms with Gasteiger partial charge in [-0.05, 0) is 22.7 Å². The largest absolute Gasteiger partial charge is 1.00 e. The van der Waals surface area contributed by atoms with Gasteiger partial charge >= 0.3 is 35.5 Å². The van der Waals surface area contributed by atoms with E-state index < -0.39 is 17.0 Å². The molecule has 1 atom stereocenters. The second kappa shape index (κ2) is 7.33. The van der Waals surface area contributed by atoms with Gasteiger partial charge in [-0.2, -0.15) is 0 Å². The van der Waals surface area contributed by atoms with Crippen LogP contribution in [0.3, 0.4) is 0 Å². The molecule has 19 heavy (non-hydrogen) atoms. The van der Waals surface area contributed by atoms with Crippen LogP contribution in [0.15, 0.2) is 41.3 Å². The number of ether oxygens (including phenoxy) is 1. The zero-order valence-electron chi connectivity index (χ0n) is 10.4. The third kappa shape index (κ3) is 3.75. The first-order valence-corrected chi connectivity index (χ1v) is 6.89. The molecule has 0 fully saturated rings. The van der Waals surface area contributed by atoms with E-state index in [0.29, 0.717) is 0 Å². The van der Waals surface area contributed by atoms with Crippen LogP contribution < -0.4 is 29.6 Å². The van der Waals surface area contributed by atoms with Crippen molar-refractivity contribution in [1.82, 2.24) is 0 Å². The zero-order valence-corrected chi connectivity index (χ0v) is 14.0. The van der Waals surface area contributed by atoms with Crippen molar-refractivity contribution in [2.75, 3.05) is 7.11 Å². The Bertz CT molecular complexity index is 595. The zero-order chi connectivity index (χ0) is 13.1. The Balaban J connectivity index is 0.00000180. The Kier molecular flexibility index (Phi) is 6.38. The second-order valence-electron chi connectivity index (χ2n) is 3.40. The number of methoxy groups -OCH3 is 1. The molecule has 0 saturated heterocycles. The fourth-order valence-electron chi connectivity index (χ4n) is 1.48. The Morgan fingerprint density at radius 3 is 2.47 bits per heavy atom. The van der Waals surface area contributed by atoms with E-state index in [-0.39, 0.29) is 39.3 Å². The van der Waals surface area contributed by atoms with E-state index in [4.69, 9.17) is 0 Å². The standard InChI is InChI=1S/C12H10O4S2.Na/c1-16-12(13)11-10(18(14)15)7-9(17-11)8-5-3-2-4-6-8;/h2-7H,1H3,(H,14,15);/q;+1/p-1. The fourth-order valence-corrected chi connectivity index (χ4v) is 3.31. The summed E-state index contributed by atoms with van der Waals surface area (Å²) < 4.78 is 26.7. The normalized spacial score (nSPS) is 11.5. The molecule has 94 valence electrons. The SMILES string of the molecule is COC(=O)c1sc(-c2ccccc2)cc1S(=O)[O-].[Na+]. The van der Waals surface area contributed by atoms with Crippen LogP contribution in [-0.4, -0.2) is 21.8 Å². The van der Waals surface area contributed by atoms with Gasteiger partial charge < -0.3 is 9.29 Å². The van der Waals surface area contributed by atoms with E-state index in [1.807, 2.05) is 30.3 Å². The molecule has 0 bridgehead atoms. The van der Waals surface area contributed by atoms with Crippen LogP contribution in [0.25, 0.3) is 10.4 Å². The van der Waals surface area contributed by atoms with Crippen molar-refractivity contribution in [2.24, 2.45) is 0 Å². The summed E-state index contributed by atoms with van der Waals surface area (Å²) in [5.41, 5.74) is 0.865.